The molecule has 2 rings (SSSR count). The van der Waals surface area contributed by atoms with Crippen molar-refractivity contribution in [1.29, 1.82) is 0 Å². The van der Waals surface area contributed by atoms with Gasteiger partial charge in [-0.15, -0.1) is 0 Å². The summed E-state index contributed by atoms with van der Waals surface area (Å²) in [5, 5.41) is 10.1. The second-order valence-corrected chi connectivity index (χ2v) is 5.18. The number of hydrogen-bond acceptors (Lipinski definition) is 2. The number of rotatable bonds is 0. The van der Waals surface area contributed by atoms with E-state index in [1.807, 2.05) is 0 Å². The number of carbonyl (C=O) groups is 1. The van der Waals surface area contributed by atoms with Crippen LogP contribution in [0.2, 0.25) is 0 Å². The summed E-state index contributed by atoms with van der Waals surface area (Å²) in [4.78, 5) is 11.8. The molecular formula is C12H20O2. The van der Waals surface area contributed by atoms with Gasteiger partial charge in [0, 0.05) is 17.8 Å². The molecule has 80 valence electrons. The van der Waals surface area contributed by atoms with Crippen LogP contribution in [0.4, 0.5) is 0 Å². The van der Waals surface area contributed by atoms with Crippen LogP contribution < -0.4 is 0 Å². The summed E-state index contributed by atoms with van der Waals surface area (Å²) >= 11 is 0. The first-order chi connectivity index (χ1) is 6.64. The minimum atomic E-state index is -0.251. The zero-order chi connectivity index (χ0) is 10.2. The first kappa shape index (κ1) is 10.2. The number of carbonyl (C=O) groups excluding carboxylic acids is 1. The molecule has 2 fully saturated rings. The van der Waals surface area contributed by atoms with E-state index >= 15 is 0 Å². The first-order valence-corrected chi connectivity index (χ1v) is 5.85. The molecule has 0 amide bonds. The van der Waals surface area contributed by atoms with E-state index in [9.17, 15) is 9.90 Å². The normalized spacial score (nSPS) is 44.3. The molecule has 0 aromatic heterocycles. The van der Waals surface area contributed by atoms with E-state index < -0.39 is 0 Å². The van der Waals surface area contributed by atoms with Crippen molar-refractivity contribution in [2.75, 3.05) is 0 Å². The SMILES string of the molecule is C[C@]12CCCC(=O)[C@H]1CCCC[C@@H]2O. The summed E-state index contributed by atoms with van der Waals surface area (Å²) in [5.74, 6) is 0.549. The molecule has 0 aromatic rings. The number of ketones is 1. The second kappa shape index (κ2) is 3.65. The minimum absolute atomic E-state index is 0.105. The minimum Gasteiger partial charge on any atom is -0.393 e. The fourth-order valence-corrected chi connectivity index (χ4v) is 3.27. The first-order valence-electron chi connectivity index (χ1n) is 5.85. The second-order valence-electron chi connectivity index (χ2n) is 5.18. The van der Waals surface area contributed by atoms with Crippen molar-refractivity contribution in [2.24, 2.45) is 11.3 Å². The Labute approximate surface area is 85.7 Å². The Morgan fingerprint density at radius 1 is 1.29 bits per heavy atom. The quantitative estimate of drug-likeness (QED) is 0.645. The summed E-state index contributed by atoms with van der Waals surface area (Å²) in [6, 6.07) is 0. The Balaban J connectivity index is 2.26. The van der Waals surface area contributed by atoms with Crippen molar-refractivity contribution in [3.63, 3.8) is 0 Å². The largest absolute Gasteiger partial charge is 0.393 e. The molecule has 0 radical (unpaired) electrons. The molecule has 2 saturated carbocycles. The van der Waals surface area contributed by atoms with E-state index in [4.69, 9.17) is 0 Å². The van der Waals surface area contributed by atoms with Gasteiger partial charge in [-0.25, -0.2) is 0 Å². The summed E-state index contributed by atoms with van der Waals surface area (Å²) in [5.41, 5.74) is -0.105. The predicted octanol–water partition coefficient (Wildman–Crippen LogP) is 2.30. The van der Waals surface area contributed by atoms with E-state index in [0.29, 0.717) is 5.78 Å². The van der Waals surface area contributed by atoms with Crippen LogP contribution in [0.15, 0.2) is 0 Å². The molecule has 2 aliphatic rings. The zero-order valence-corrected chi connectivity index (χ0v) is 8.96. The molecule has 1 N–H and O–H groups in total. The standard InChI is InChI=1S/C12H20O2/c1-12-8-4-6-10(13)9(12)5-2-3-7-11(12)14/h9,11,14H,2-8H2,1H3/t9-,11+,12+/m1/s1. The highest BCUT2D eigenvalue weighted by atomic mass is 16.3. The van der Waals surface area contributed by atoms with Gasteiger partial charge in [-0.05, 0) is 25.7 Å². The van der Waals surface area contributed by atoms with Gasteiger partial charge in [-0.1, -0.05) is 19.8 Å². The Hall–Kier alpha value is -0.370. The van der Waals surface area contributed by atoms with Crippen molar-refractivity contribution < 1.29 is 9.90 Å². The molecule has 14 heavy (non-hydrogen) atoms. The highest BCUT2D eigenvalue weighted by Crippen LogP contribution is 2.47. The van der Waals surface area contributed by atoms with Gasteiger partial charge in [-0.3, -0.25) is 4.79 Å². The third-order valence-corrected chi connectivity index (χ3v) is 4.30. The molecule has 0 heterocycles. The fourth-order valence-electron chi connectivity index (χ4n) is 3.27. The Morgan fingerprint density at radius 3 is 2.79 bits per heavy atom. The molecule has 0 saturated heterocycles. The topological polar surface area (TPSA) is 37.3 Å². The van der Waals surface area contributed by atoms with E-state index in [1.165, 1.54) is 0 Å². The number of hydrogen-bond donors (Lipinski definition) is 1. The summed E-state index contributed by atoms with van der Waals surface area (Å²) in [6.45, 7) is 2.12. The molecule has 2 nitrogen and oxygen atoms in total. The van der Waals surface area contributed by atoms with Crippen molar-refractivity contribution in [2.45, 2.75) is 58.0 Å². The molecule has 0 spiro atoms. The third-order valence-electron chi connectivity index (χ3n) is 4.30. The van der Waals surface area contributed by atoms with Crippen LogP contribution in [0.1, 0.15) is 51.9 Å². The van der Waals surface area contributed by atoms with Crippen LogP contribution in [0.3, 0.4) is 0 Å². The van der Waals surface area contributed by atoms with Gasteiger partial charge >= 0.3 is 0 Å². The lowest BCUT2D eigenvalue weighted by atomic mass is 9.63. The molecular weight excluding hydrogens is 176 g/mol. The number of aliphatic hydroxyl groups is 1. The highest BCUT2D eigenvalue weighted by Gasteiger charge is 2.46. The molecule has 2 aliphatic carbocycles. The Kier molecular flexibility index (Phi) is 2.65. The van der Waals surface area contributed by atoms with Gasteiger partial charge < -0.3 is 5.11 Å². The average molecular weight is 196 g/mol. The average Bonchev–Trinajstić information content (AvgIpc) is 2.28. The monoisotopic (exact) mass is 196 g/mol. The van der Waals surface area contributed by atoms with Crippen LogP contribution in [0.5, 0.6) is 0 Å². The summed E-state index contributed by atoms with van der Waals surface area (Å²) in [7, 11) is 0. The molecule has 3 atom stereocenters. The maximum Gasteiger partial charge on any atom is 0.136 e. The lowest BCUT2D eigenvalue weighted by Crippen LogP contribution is -2.44. The van der Waals surface area contributed by atoms with Gasteiger partial charge in [0.15, 0.2) is 0 Å². The lowest BCUT2D eigenvalue weighted by Gasteiger charge is -2.42. The van der Waals surface area contributed by atoms with Gasteiger partial charge in [0.2, 0.25) is 0 Å². The van der Waals surface area contributed by atoms with E-state index in [2.05, 4.69) is 6.92 Å². The van der Waals surface area contributed by atoms with Crippen molar-refractivity contribution >= 4 is 5.78 Å². The van der Waals surface area contributed by atoms with Crippen LogP contribution in [0.25, 0.3) is 0 Å². The maximum absolute atomic E-state index is 11.8. The molecule has 0 aromatic carbocycles. The summed E-state index contributed by atoms with van der Waals surface area (Å²) < 4.78 is 0. The molecule has 2 heteroatoms. The van der Waals surface area contributed by atoms with Crippen LogP contribution in [-0.2, 0) is 4.79 Å². The molecule has 0 aliphatic heterocycles. The molecule has 0 bridgehead atoms. The summed E-state index contributed by atoms with van der Waals surface area (Å²) in [6.07, 6.45) is 6.59. The van der Waals surface area contributed by atoms with Crippen LogP contribution in [-0.4, -0.2) is 17.0 Å². The lowest BCUT2D eigenvalue weighted by molar-refractivity contribution is -0.135. The van der Waals surface area contributed by atoms with Crippen molar-refractivity contribution in [1.82, 2.24) is 0 Å². The zero-order valence-electron chi connectivity index (χ0n) is 8.96. The van der Waals surface area contributed by atoms with Gasteiger partial charge in [0.25, 0.3) is 0 Å². The maximum atomic E-state index is 11.8. The Morgan fingerprint density at radius 2 is 2.00 bits per heavy atom. The third kappa shape index (κ3) is 1.50. The predicted molar refractivity (Wildman–Crippen MR) is 54.9 cm³/mol. The number of Topliss-reactive ketones (excluding diaryl/α,β-unsaturated/α-hetero) is 1. The van der Waals surface area contributed by atoms with Gasteiger partial charge in [0.05, 0.1) is 6.10 Å². The van der Waals surface area contributed by atoms with E-state index in [-0.39, 0.29) is 17.4 Å². The van der Waals surface area contributed by atoms with Crippen LogP contribution >= 0.6 is 0 Å². The van der Waals surface area contributed by atoms with Crippen molar-refractivity contribution in [3.8, 4) is 0 Å². The fraction of sp³-hybridized carbons (Fsp3) is 0.917. The van der Waals surface area contributed by atoms with E-state index in [1.54, 1.807) is 0 Å². The van der Waals surface area contributed by atoms with Crippen LogP contribution in [0, 0.1) is 11.3 Å². The highest BCUT2D eigenvalue weighted by molar-refractivity contribution is 5.82. The van der Waals surface area contributed by atoms with Gasteiger partial charge in [0.1, 0.15) is 5.78 Å². The van der Waals surface area contributed by atoms with E-state index in [0.717, 1.165) is 44.9 Å². The Bertz CT molecular complexity index is 236. The smallest absolute Gasteiger partial charge is 0.136 e. The number of aliphatic hydroxyl groups excluding tert-OH is 1. The van der Waals surface area contributed by atoms with Gasteiger partial charge in [-0.2, -0.15) is 0 Å². The van der Waals surface area contributed by atoms with Crippen molar-refractivity contribution in [3.05, 3.63) is 0 Å². The number of fused-ring (bicyclic) bond motifs is 1. The molecule has 0 unspecified atom stereocenters.